The number of halogens is 2. The molecule has 0 aliphatic rings. The summed E-state index contributed by atoms with van der Waals surface area (Å²) in [4.78, 5) is 0. The van der Waals surface area contributed by atoms with E-state index in [0.29, 0.717) is 5.56 Å². The Bertz CT molecular complexity index is 324. The molecule has 0 heterocycles. The van der Waals surface area contributed by atoms with Crippen molar-refractivity contribution in [3.63, 3.8) is 0 Å². The second-order valence-corrected chi connectivity index (χ2v) is 3.18. The second-order valence-electron chi connectivity index (χ2n) is 3.18. The molecule has 0 atom stereocenters. The van der Waals surface area contributed by atoms with Gasteiger partial charge in [0.1, 0.15) is 5.75 Å². The summed E-state index contributed by atoms with van der Waals surface area (Å²) in [7, 11) is 0. The van der Waals surface area contributed by atoms with E-state index in [-0.39, 0.29) is 11.3 Å². The van der Waals surface area contributed by atoms with Gasteiger partial charge in [0, 0.05) is 18.6 Å². The number of aliphatic hydroxyl groups excluding tert-OH is 1. The lowest BCUT2D eigenvalue weighted by Crippen LogP contribution is -2.15. The highest BCUT2D eigenvalue weighted by molar-refractivity contribution is 5.37. The van der Waals surface area contributed by atoms with Gasteiger partial charge in [-0.2, -0.15) is 0 Å². The maximum Gasteiger partial charge on any atom is 0.275 e. The Balaban J connectivity index is 3.01. The van der Waals surface area contributed by atoms with E-state index in [1.54, 1.807) is 6.92 Å². The van der Waals surface area contributed by atoms with Crippen LogP contribution in [-0.4, -0.2) is 16.8 Å². The van der Waals surface area contributed by atoms with Gasteiger partial charge in [0.15, 0.2) is 0 Å². The molecule has 4 heteroatoms. The Hall–Kier alpha value is -1.16. The number of hydrogen-bond acceptors (Lipinski definition) is 2. The Morgan fingerprint density at radius 1 is 1.36 bits per heavy atom. The second kappa shape index (κ2) is 3.92. The predicted molar refractivity (Wildman–Crippen MR) is 48.4 cm³/mol. The molecule has 1 aromatic carbocycles. The van der Waals surface area contributed by atoms with Crippen molar-refractivity contribution < 1.29 is 19.0 Å². The van der Waals surface area contributed by atoms with Gasteiger partial charge in [-0.15, -0.1) is 0 Å². The van der Waals surface area contributed by atoms with Crippen molar-refractivity contribution in [1.82, 2.24) is 0 Å². The number of benzene rings is 1. The van der Waals surface area contributed by atoms with Crippen molar-refractivity contribution in [1.29, 1.82) is 0 Å². The van der Waals surface area contributed by atoms with Gasteiger partial charge in [-0.25, -0.2) is 8.78 Å². The minimum atomic E-state index is -3.08. The molecule has 0 bridgehead atoms. The number of hydrogen-bond donors (Lipinski definition) is 2. The number of phenols is 1. The molecule has 2 N–H and O–H groups in total. The van der Waals surface area contributed by atoms with Crippen LogP contribution in [0, 0.1) is 6.92 Å². The Labute approximate surface area is 80.8 Å². The number of phenolic OH excluding ortho intramolecular Hbond substituents is 1. The first-order valence-electron chi connectivity index (χ1n) is 4.26. The number of aliphatic hydroxyl groups is 1. The average molecular weight is 202 g/mol. The van der Waals surface area contributed by atoms with Gasteiger partial charge in [0.25, 0.3) is 5.92 Å². The van der Waals surface area contributed by atoms with Crippen molar-refractivity contribution in [2.75, 3.05) is 6.61 Å². The van der Waals surface area contributed by atoms with Gasteiger partial charge in [-0.1, -0.05) is 12.1 Å². The number of aromatic hydroxyl groups is 1. The van der Waals surface area contributed by atoms with Crippen LogP contribution < -0.4 is 0 Å². The Morgan fingerprint density at radius 3 is 2.50 bits per heavy atom. The highest BCUT2D eigenvalue weighted by Gasteiger charge is 2.31. The highest BCUT2D eigenvalue weighted by atomic mass is 19.3. The summed E-state index contributed by atoms with van der Waals surface area (Å²) in [5.41, 5.74) is 0.281. The SMILES string of the molecule is Cc1ccc(C(F)(F)CCO)cc1O. The maximum absolute atomic E-state index is 13.2. The molecule has 0 saturated heterocycles. The van der Waals surface area contributed by atoms with Crippen molar-refractivity contribution >= 4 is 0 Å². The summed E-state index contributed by atoms with van der Waals surface area (Å²) in [6, 6.07) is 3.71. The predicted octanol–water partition coefficient (Wildman–Crippen LogP) is 2.17. The van der Waals surface area contributed by atoms with Gasteiger partial charge >= 0.3 is 0 Å². The van der Waals surface area contributed by atoms with E-state index in [1.165, 1.54) is 12.1 Å². The molecule has 2 nitrogen and oxygen atoms in total. The fourth-order valence-electron chi connectivity index (χ4n) is 1.12. The zero-order valence-electron chi connectivity index (χ0n) is 7.80. The zero-order valence-corrected chi connectivity index (χ0v) is 7.80. The quantitative estimate of drug-likeness (QED) is 0.788. The van der Waals surface area contributed by atoms with Gasteiger partial charge in [-0.05, 0) is 18.6 Å². The smallest absolute Gasteiger partial charge is 0.275 e. The lowest BCUT2D eigenvalue weighted by Gasteiger charge is -2.15. The van der Waals surface area contributed by atoms with Crippen molar-refractivity contribution in [2.45, 2.75) is 19.3 Å². The van der Waals surface area contributed by atoms with Crippen LogP contribution in [0.4, 0.5) is 8.78 Å². The van der Waals surface area contributed by atoms with Crippen LogP contribution in [0.3, 0.4) is 0 Å². The van der Waals surface area contributed by atoms with Crippen LogP contribution in [0.5, 0.6) is 5.75 Å². The topological polar surface area (TPSA) is 40.5 Å². The molecule has 0 radical (unpaired) electrons. The van der Waals surface area contributed by atoms with Crippen LogP contribution in [-0.2, 0) is 5.92 Å². The van der Waals surface area contributed by atoms with Crippen LogP contribution in [0.15, 0.2) is 18.2 Å². The lowest BCUT2D eigenvalue weighted by atomic mass is 10.0. The molecule has 0 amide bonds. The van der Waals surface area contributed by atoms with Crippen LogP contribution in [0.2, 0.25) is 0 Å². The summed E-state index contributed by atoms with van der Waals surface area (Å²) in [5, 5.41) is 17.7. The molecule has 0 spiro atoms. The van der Waals surface area contributed by atoms with E-state index in [9.17, 15) is 13.9 Å². The van der Waals surface area contributed by atoms with Gasteiger partial charge in [-0.3, -0.25) is 0 Å². The van der Waals surface area contributed by atoms with Crippen LogP contribution in [0.25, 0.3) is 0 Å². The summed E-state index contributed by atoms with van der Waals surface area (Å²) >= 11 is 0. The van der Waals surface area contributed by atoms with Gasteiger partial charge in [0.05, 0.1) is 0 Å². The fraction of sp³-hybridized carbons (Fsp3) is 0.400. The molecular weight excluding hydrogens is 190 g/mol. The average Bonchev–Trinajstić information content (AvgIpc) is 2.09. The number of alkyl halides is 2. The minimum Gasteiger partial charge on any atom is -0.508 e. The summed E-state index contributed by atoms with van der Waals surface area (Å²) in [5.74, 6) is -3.24. The monoisotopic (exact) mass is 202 g/mol. The molecule has 1 rings (SSSR count). The summed E-state index contributed by atoms with van der Waals surface area (Å²) < 4.78 is 26.4. The maximum atomic E-state index is 13.2. The Morgan fingerprint density at radius 2 is 2.00 bits per heavy atom. The van der Waals surface area contributed by atoms with E-state index < -0.39 is 19.0 Å². The van der Waals surface area contributed by atoms with Crippen molar-refractivity contribution in [2.24, 2.45) is 0 Å². The number of aryl methyl sites for hydroxylation is 1. The highest BCUT2D eigenvalue weighted by Crippen LogP contribution is 2.33. The van der Waals surface area contributed by atoms with Crippen molar-refractivity contribution in [3.05, 3.63) is 29.3 Å². The van der Waals surface area contributed by atoms with E-state index in [4.69, 9.17) is 5.11 Å². The van der Waals surface area contributed by atoms with Gasteiger partial charge < -0.3 is 10.2 Å². The minimum absolute atomic E-state index is 0.153. The third-order valence-electron chi connectivity index (χ3n) is 2.06. The van der Waals surface area contributed by atoms with E-state index in [2.05, 4.69) is 0 Å². The van der Waals surface area contributed by atoms with E-state index in [0.717, 1.165) is 6.07 Å². The first-order chi connectivity index (χ1) is 6.47. The largest absolute Gasteiger partial charge is 0.508 e. The summed E-state index contributed by atoms with van der Waals surface area (Å²) in [6.07, 6.45) is -0.629. The Kier molecular flexibility index (Phi) is 3.06. The van der Waals surface area contributed by atoms with Crippen LogP contribution in [0.1, 0.15) is 17.5 Å². The lowest BCUT2D eigenvalue weighted by molar-refractivity contribution is -0.0271. The normalized spacial score (nSPS) is 11.7. The first kappa shape index (κ1) is 10.9. The molecule has 1 aromatic rings. The number of rotatable bonds is 3. The zero-order chi connectivity index (χ0) is 10.8. The van der Waals surface area contributed by atoms with E-state index >= 15 is 0 Å². The molecule has 14 heavy (non-hydrogen) atoms. The molecule has 78 valence electrons. The standard InChI is InChI=1S/C10H12F2O2/c1-7-2-3-8(6-9(7)14)10(11,12)4-5-13/h2-3,6,13-14H,4-5H2,1H3. The molecule has 0 aliphatic carbocycles. The molecule has 0 fully saturated rings. The third-order valence-corrected chi connectivity index (χ3v) is 2.06. The van der Waals surface area contributed by atoms with E-state index in [1.807, 2.05) is 0 Å². The third kappa shape index (κ3) is 2.20. The summed E-state index contributed by atoms with van der Waals surface area (Å²) in [6.45, 7) is 1.05. The molecular formula is C10H12F2O2. The molecule has 0 aromatic heterocycles. The van der Waals surface area contributed by atoms with Crippen LogP contribution >= 0.6 is 0 Å². The van der Waals surface area contributed by atoms with Crippen molar-refractivity contribution in [3.8, 4) is 5.75 Å². The molecule has 0 saturated carbocycles. The van der Waals surface area contributed by atoms with Gasteiger partial charge in [0.2, 0.25) is 0 Å². The fourth-order valence-corrected chi connectivity index (χ4v) is 1.12. The molecule has 0 aliphatic heterocycles. The molecule has 0 unspecified atom stereocenters. The first-order valence-corrected chi connectivity index (χ1v) is 4.26.